The second-order valence-electron chi connectivity index (χ2n) is 4.98. The predicted octanol–water partition coefficient (Wildman–Crippen LogP) is 1.37. The van der Waals surface area contributed by atoms with Gasteiger partial charge in [0, 0.05) is 19.1 Å². The minimum absolute atomic E-state index is 0.394. The predicted molar refractivity (Wildman–Crippen MR) is 61.9 cm³/mol. The zero-order chi connectivity index (χ0) is 10.5. The van der Waals surface area contributed by atoms with Gasteiger partial charge in [-0.2, -0.15) is 0 Å². The highest BCUT2D eigenvalue weighted by molar-refractivity contribution is 4.75. The van der Waals surface area contributed by atoms with E-state index in [0.717, 1.165) is 19.7 Å². The highest BCUT2D eigenvalue weighted by Gasteiger charge is 2.18. The van der Waals surface area contributed by atoms with Crippen molar-refractivity contribution in [1.29, 1.82) is 0 Å². The molecule has 1 saturated heterocycles. The van der Waals surface area contributed by atoms with E-state index in [0.29, 0.717) is 12.1 Å². The first-order valence-corrected chi connectivity index (χ1v) is 6.44. The molecule has 15 heavy (non-hydrogen) atoms. The summed E-state index contributed by atoms with van der Waals surface area (Å²) >= 11 is 0. The number of ether oxygens (including phenoxy) is 1. The molecular formula is C12H24N2O. The second kappa shape index (κ2) is 5.83. The summed E-state index contributed by atoms with van der Waals surface area (Å²) in [6, 6.07) is 0.394. The number of piperidine rings is 1. The third kappa shape index (κ3) is 3.74. The van der Waals surface area contributed by atoms with Crippen molar-refractivity contribution < 1.29 is 4.74 Å². The van der Waals surface area contributed by atoms with E-state index in [4.69, 9.17) is 10.5 Å². The molecule has 0 amide bonds. The molecular weight excluding hydrogens is 188 g/mol. The molecule has 1 atom stereocenters. The molecule has 2 rings (SSSR count). The van der Waals surface area contributed by atoms with Gasteiger partial charge in [-0.05, 0) is 32.2 Å². The van der Waals surface area contributed by atoms with Crippen molar-refractivity contribution in [3.05, 3.63) is 0 Å². The molecule has 1 saturated carbocycles. The Balaban J connectivity index is 1.56. The minimum Gasteiger partial charge on any atom is -0.377 e. The van der Waals surface area contributed by atoms with Gasteiger partial charge in [0.25, 0.3) is 0 Å². The van der Waals surface area contributed by atoms with Gasteiger partial charge in [-0.3, -0.25) is 4.90 Å². The average Bonchev–Trinajstić information content (AvgIpc) is 2.71. The molecule has 1 aliphatic heterocycles. The van der Waals surface area contributed by atoms with Crippen LogP contribution in [0.3, 0.4) is 0 Å². The van der Waals surface area contributed by atoms with E-state index in [1.807, 2.05) is 0 Å². The van der Waals surface area contributed by atoms with Crippen molar-refractivity contribution in [3.63, 3.8) is 0 Å². The SMILES string of the molecule is NC1CCCN(CCOC2CCCC2)C1. The molecule has 88 valence electrons. The Bertz CT molecular complexity index is 180. The van der Waals surface area contributed by atoms with Crippen LogP contribution >= 0.6 is 0 Å². The first-order chi connectivity index (χ1) is 7.34. The van der Waals surface area contributed by atoms with Crippen LogP contribution in [0.15, 0.2) is 0 Å². The number of hydrogen-bond donors (Lipinski definition) is 1. The van der Waals surface area contributed by atoms with Gasteiger partial charge in [0.15, 0.2) is 0 Å². The van der Waals surface area contributed by atoms with Crippen LogP contribution in [0.1, 0.15) is 38.5 Å². The summed E-state index contributed by atoms with van der Waals surface area (Å²) in [5, 5.41) is 0. The lowest BCUT2D eigenvalue weighted by Gasteiger charge is -2.30. The lowest BCUT2D eigenvalue weighted by atomic mass is 10.1. The van der Waals surface area contributed by atoms with Crippen molar-refractivity contribution in [1.82, 2.24) is 4.90 Å². The van der Waals surface area contributed by atoms with Crippen LogP contribution in [-0.2, 0) is 4.74 Å². The van der Waals surface area contributed by atoms with Gasteiger partial charge in [-0.25, -0.2) is 0 Å². The standard InChI is InChI=1S/C12H24N2O/c13-11-4-3-7-14(10-11)8-9-15-12-5-1-2-6-12/h11-12H,1-10,13H2. The first-order valence-electron chi connectivity index (χ1n) is 6.44. The zero-order valence-electron chi connectivity index (χ0n) is 9.66. The van der Waals surface area contributed by atoms with Gasteiger partial charge in [0.2, 0.25) is 0 Å². The summed E-state index contributed by atoms with van der Waals surface area (Å²) in [6.07, 6.45) is 8.28. The molecule has 0 aromatic rings. The van der Waals surface area contributed by atoms with Gasteiger partial charge in [0.05, 0.1) is 12.7 Å². The number of hydrogen-bond acceptors (Lipinski definition) is 3. The van der Waals surface area contributed by atoms with Crippen molar-refractivity contribution in [2.24, 2.45) is 5.73 Å². The second-order valence-corrected chi connectivity index (χ2v) is 4.98. The van der Waals surface area contributed by atoms with Gasteiger partial charge in [-0.1, -0.05) is 12.8 Å². The largest absolute Gasteiger partial charge is 0.377 e. The number of nitrogens with two attached hydrogens (primary N) is 1. The Morgan fingerprint density at radius 3 is 2.67 bits per heavy atom. The molecule has 0 radical (unpaired) electrons. The molecule has 0 aromatic heterocycles. The van der Waals surface area contributed by atoms with E-state index in [1.165, 1.54) is 45.1 Å². The molecule has 2 N–H and O–H groups in total. The normalized spacial score (nSPS) is 29.8. The van der Waals surface area contributed by atoms with E-state index in [-0.39, 0.29) is 0 Å². The van der Waals surface area contributed by atoms with E-state index in [1.54, 1.807) is 0 Å². The monoisotopic (exact) mass is 212 g/mol. The summed E-state index contributed by atoms with van der Waals surface area (Å²) in [5.74, 6) is 0. The Labute approximate surface area is 93.0 Å². The molecule has 1 heterocycles. The van der Waals surface area contributed by atoms with Crippen LogP contribution in [0.2, 0.25) is 0 Å². The lowest BCUT2D eigenvalue weighted by molar-refractivity contribution is 0.0373. The molecule has 0 spiro atoms. The Morgan fingerprint density at radius 2 is 1.93 bits per heavy atom. The number of rotatable bonds is 4. The smallest absolute Gasteiger partial charge is 0.0597 e. The van der Waals surface area contributed by atoms with Crippen LogP contribution in [0.25, 0.3) is 0 Å². The van der Waals surface area contributed by atoms with Crippen LogP contribution in [-0.4, -0.2) is 43.3 Å². The maximum Gasteiger partial charge on any atom is 0.0597 e. The maximum atomic E-state index is 5.94. The van der Waals surface area contributed by atoms with E-state index in [2.05, 4.69) is 4.90 Å². The highest BCUT2D eigenvalue weighted by Crippen LogP contribution is 2.20. The van der Waals surface area contributed by atoms with Gasteiger partial charge >= 0.3 is 0 Å². The van der Waals surface area contributed by atoms with E-state index in [9.17, 15) is 0 Å². The summed E-state index contributed by atoms with van der Waals surface area (Å²) in [4.78, 5) is 2.45. The van der Waals surface area contributed by atoms with Crippen molar-refractivity contribution in [2.45, 2.75) is 50.7 Å². The van der Waals surface area contributed by atoms with E-state index >= 15 is 0 Å². The Kier molecular flexibility index (Phi) is 4.42. The van der Waals surface area contributed by atoms with Crippen molar-refractivity contribution in [2.75, 3.05) is 26.2 Å². The third-order valence-corrected chi connectivity index (χ3v) is 3.61. The fourth-order valence-electron chi connectivity index (χ4n) is 2.70. The fourth-order valence-corrected chi connectivity index (χ4v) is 2.70. The summed E-state index contributed by atoms with van der Waals surface area (Å²) in [5.41, 5.74) is 5.94. The molecule has 2 aliphatic rings. The lowest BCUT2D eigenvalue weighted by Crippen LogP contribution is -2.44. The number of nitrogens with zero attached hydrogens (tertiary/aromatic N) is 1. The maximum absolute atomic E-state index is 5.94. The molecule has 1 aliphatic carbocycles. The van der Waals surface area contributed by atoms with Crippen molar-refractivity contribution >= 4 is 0 Å². The summed E-state index contributed by atoms with van der Waals surface area (Å²) in [7, 11) is 0. The average molecular weight is 212 g/mol. The summed E-state index contributed by atoms with van der Waals surface area (Å²) < 4.78 is 5.86. The quantitative estimate of drug-likeness (QED) is 0.765. The Morgan fingerprint density at radius 1 is 1.13 bits per heavy atom. The van der Waals surface area contributed by atoms with Crippen LogP contribution < -0.4 is 5.73 Å². The molecule has 3 nitrogen and oxygen atoms in total. The fraction of sp³-hybridized carbons (Fsp3) is 1.00. The van der Waals surface area contributed by atoms with Gasteiger partial charge < -0.3 is 10.5 Å². The van der Waals surface area contributed by atoms with Gasteiger partial charge in [0.1, 0.15) is 0 Å². The topological polar surface area (TPSA) is 38.5 Å². The first kappa shape index (κ1) is 11.4. The van der Waals surface area contributed by atoms with Gasteiger partial charge in [-0.15, -0.1) is 0 Å². The van der Waals surface area contributed by atoms with Crippen LogP contribution in [0.4, 0.5) is 0 Å². The van der Waals surface area contributed by atoms with Crippen molar-refractivity contribution in [3.8, 4) is 0 Å². The molecule has 0 bridgehead atoms. The molecule has 2 fully saturated rings. The minimum atomic E-state index is 0.394. The molecule has 1 unspecified atom stereocenters. The number of likely N-dealkylation sites (tertiary alicyclic amines) is 1. The Hall–Kier alpha value is -0.120. The molecule has 0 aromatic carbocycles. The third-order valence-electron chi connectivity index (χ3n) is 3.61. The van der Waals surface area contributed by atoms with E-state index < -0.39 is 0 Å². The summed E-state index contributed by atoms with van der Waals surface area (Å²) in [6.45, 7) is 4.25. The molecule has 3 heteroatoms. The van der Waals surface area contributed by atoms with Crippen LogP contribution in [0.5, 0.6) is 0 Å². The van der Waals surface area contributed by atoms with Crippen LogP contribution in [0, 0.1) is 0 Å². The highest BCUT2D eigenvalue weighted by atomic mass is 16.5. The zero-order valence-corrected chi connectivity index (χ0v) is 9.66.